The van der Waals surface area contributed by atoms with Gasteiger partial charge < -0.3 is 0 Å². The van der Waals surface area contributed by atoms with Crippen LogP contribution in [0.1, 0.15) is 11.3 Å². The molecular formula is C13H8ClFN2O. The summed E-state index contributed by atoms with van der Waals surface area (Å²) in [6, 6.07) is 8.90. The maximum atomic E-state index is 13.1. The van der Waals surface area contributed by atoms with E-state index in [1.165, 1.54) is 28.8 Å². The molecule has 0 aliphatic rings. The Bertz CT molecular complexity index is 716. The number of pyridine rings is 1. The first-order valence-electron chi connectivity index (χ1n) is 5.13. The van der Waals surface area contributed by atoms with Crippen LogP contribution in [0.3, 0.4) is 0 Å². The first-order valence-corrected chi connectivity index (χ1v) is 5.50. The first-order chi connectivity index (χ1) is 8.54. The number of nitrogens with zero attached hydrogens (tertiary/aromatic N) is 2. The molecule has 18 heavy (non-hydrogen) atoms. The number of aromatic nitrogens is 1. The Morgan fingerprint density at radius 1 is 1.33 bits per heavy atom. The van der Waals surface area contributed by atoms with Crippen molar-refractivity contribution in [3.05, 3.63) is 62.8 Å². The van der Waals surface area contributed by atoms with E-state index in [-0.39, 0.29) is 10.6 Å². The van der Waals surface area contributed by atoms with E-state index in [9.17, 15) is 9.18 Å². The molecule has 0 saturated heterocycles. The van der Waals surface area contributed by atoms with Crippen molar-refractivity contribution in [2.45, 2.75) is 6.92 Å². The summed E-state index contributed by atoms with van der Waals surface area (Å²) >= 11 is 5.69. The molecule has 0 unspecified atom stereocenters. The van der Waals surface area contributed by atoms with Crippen molar-refractivity contribution < 1.29 is 4.39 Å². The SMILES string of the molecule is Cc1ccc(C#N)c(=O)n1-c1ccc(F)c(Cl)c1. The molecule has 2 rings (SSSR count). The molecule has 0 aliphatic heterocycles. The largest absolute Gasteiger partial charge is 0.280 e. The van der Waals surface area contributed by atoms with Gasteiger partial charge in [-0.05, 0) is 37.3 Å². The normalized spacial score (nSPS) is 10.1. The first kappa shape index (κ1) is 12.3. The highest BCUT2D eigenvalue weighted by Gasteiger charge is 2.09. The highest BCUT2D eigenvalue weighted by Crippen LogP contribution is 2.19. The molecular weight excluding hydrogens is 255 g/mol. The van der Waals surface area contributed by atoms with E-state index in [4.69, 9.17) is 16.9 Å². The summed E-state index contributed by atoms with van der Waals surface area (Å²) in [5.74, 6) is -0.553. The second kappa shape index (κ2) is 4.63. The Morgan fingerprint density at radius 2 is 2.06 bits per heavy atom. The van der Waals surface area contributed by atoms with Crippen LogP contribution >= 0.6 is 11.6 Å². The molecule has 3 nitrogen and oxygen atoms in total. The molecule has 1 heterocycles. The lowest BCUT2D eigenvalue weighted by molar-refractivity contribution is 0.627. The van der Waals surface area contributed by atoms with Crippen molar-refractivity contribution >= 4 is 11.6 Å². The molecule has 1 aromatic carbocycles. The molecule has 0 amide bonds. The lowest BCUT2D eigenvalue weighted by atomic mass is 10.2. The van der Waals surface area contributed by atoms with Gasteiger partial charge in [-0.3, -0.25) is 9.36 Å². The highest BCUT2D eigenvalue weighted by molar-refractivity contribution is 6.30. The quantitative estimate of drug-likeness (QED) is 0.793. The van der Waals surface area contributed by atoms with Crippen molar-refractivity contribution in [2.24, 2.45) is 0 Å². The fourth-order valence-electron chi connectivity index (χ4n) is 1.66. The van der Waals surface area contributed by atoms with Gasteiger partial charge >= 0.3 is 0 Å². The van der Waals surface area contributed by atoms with Crippen molar-refractivity contribution in [3.8, 4) is 11.8 Å². The monoisotopic (exact) mass is 262 g/mol. The molecule has 90 valence electrons. The summed E-state index contributed by atoms with van der Waals surface area (Å²) < 4.78 is 14.4. The van der Waals surface area contributed by atoms with Gasteiger partial charge in [0.2, 0.25) is 0 Å². The van der Waals surface area contributed by atoms with Crippen LogP contribution in [0.15, 0.2) is 35.1 Å². The van der Waals surface area contributed by atoms with Gasteiger partial charge in [0.25, 0.3) is 5.56 Å². The van der Waals surface area contributed by atoms with E-state index in [0.29, 0.717) is 11.4 Å². The molecule has 2 aromatic rings. The Balaban J connectivity index is 2.75. The van der Waals surface area contributed by atoms with Crippen molar-refractivity contribution in [2.75, 3.05) is 0 Å². The average molecular weight is 263 g/mol. The third kappa shape index (κ3) is 2.01. The minimum Gasteiger partial charge on any atom is -0.280 e. The van der Waals surface area contributed by atoms with E-state index in [1.807, 2.05) is 6.07 Å². The average Bonchev–Trinajstić information content (AvgIpc) is 2.34. The summed E-state index contributed by atoms with van der Waals surface area (Å²) in [6.45, 7) is 1.72. The second-order valence-electron chi connectivity index (χ2n) is 3.74. The van der Waals surface area contributed by atoms with Gasteiger partial charge in [0.15, 0.2) is 0 Å². The van der Waals surface area contributed by atoms with E-state index in [0.717, 1.165) is 0 Å². The molecule has 0 radical (unpaired) electrons. The maximum Gasteiger partial charge on any atom is 0.273 e. The van der Waals surface area contributed by atoms with Gasteiger partial charge in [-0.2, -0.15) is 5.26 Å². The van der Waals surface area contributed by atoms with Crippen LogP contribution in [0.5, 0.6) is 0 Å². The summed E-state index contributed by atoms with van der Waals surface area (Å²) in [6.07, 6.45) is 0. The van der Waals surface area contributed by atoms with Crippen LogP contribution in [0.4, 0.5) is 4.39 Å². The van der Waals surface area contributed by atoms with Gasteiger partial charge in [-0.25, -0.2) is 4.39 Å². The van der Waals surface area contributed by atoms with Crippen molar-refractivity contribution in [1.82, 2.24) is 4.57 Å². The molecule has 0 fully saturated rings. The third-order valence-corrected chi connectivity index (χ3v) is 2.85. The predicted octanol–water partition coefficient (Wildman–Crippen LogP) is 2.81. The van der Waals surface area contributed by atoms with Crippen LogP contribution < -0.4 is 5.56 Å². The summed E-state index contributed by atoms with van der Waals surface area (Å²) in [7, 11) is 0. The Hall–Kier alpha value is -2.12. The molecule has 0 spiro atoms. The fraction of sp³-hybridized carbons (Fsp3) is 0.0769. The number of aryl methyl sites for hydroxylation is 1. The Kier molecular flexibility index (Phi) is 3.17. The van der Waals surface area contributed by atoms with E-state index in [2.05, 4.69) is 0 Å². The molecule has 1 aromatic heterocycles. The lowest BCUT2D eigenvalue weighted by Crippen LogP contribution is -2.22. The molecule has 0 atom stereocenters. The fourth-order valence-corrected chi connectivity index (χ4v) is 1.84. The Labute approximate surface area is 108 Å². The maximum absolute atomic E-state index is 13.1. The summed E-state index contributed by atoms with van der Waals surface area (Å²) in [5.41, 5.74) is 0.656. The van der Waals surface area contributed by atoms with Gasteiger partial charge in [0.05, 0.1) is 10.7 Å². The topological polar surface area (TPSA) is 45.8 Å². The lowest BCUT2D eigenvalue weighted by Gasteiger charge is -2.10. The van der Waals surface area contributed by atoms with E-state index >= 15 is 0 Å². The molecule has 5 heteroatoms. The van der Waals surface area contributed by atoms with Gasteiger partial charge in [-0.1, -0.05) is 11.6 Å². The van der Waals surface area contributed by atoms with E-state index < -0.39 is 11.4 Å². The molecule has 0 aliphatic carbocycles. The second-order valence-corrected chi connectivity index (χ2v) is 4.15. The van der Waals surface area contributed by atoms with Gasteiger partial charge in [-0.15, -0.1) is 0 Å². The Morgan fingerprint density at radius 3 is 2.67 bits per heavy atom. The van der Waals surface area contributed by atoms with Crippen molar-refractivity contribution in [3.63, 3.8) is 0 Å². The zero-order valence-corrected chi connectivity index (χ0v) is 10.2. The zero-order valence-electron chi connectivity index (χ0n) is 9.45. The van der Waals surface area contributed by atoms with Crippen LogP contribution in [-0.4, -0.2) is 4.57 Å². The third-order valence-electron chi connectivity index (χ3n) is 2.56. The smallest absolute Gasteiger partial charge is 0.273 e. The molecule has 0 N–H and O–H groups in total. The van der Waals surface area contributed by atoms with E-state index in [1.54, 1.807) is 13.0 Å². The number of benzene rings is 1. The number of rotatable bonds is 1. The molecule has 0 bridgehead atoms. The zero-order chi connectivity index (χ0) is 13.3. The standard InChI is InChI=1S/C13H8ClFN2O/c1-8-2-3-9(7-16)13(18)17(8)10-4-5-12(15)11(14)6-10/h2-6H,1H3. The minimum absolute atomic E-state index is 0.0287. The van der Waals surface area contributed by atoms with Gasteiger partial charge in [0.1, 0.15) is 17.4 Å². The van der Waals surface area contributed by atoms with Gasteiger partial charge in [0, 0.05) is 5.69 Å². The minimum atomic E-state index is -0.553. The predicted molar refractivity (Wildman–Crippen MR) is 66.5 cm³/mol. The van der Waals surface area contributed by atoms with Crippen LogP contribution in [0, 0.1) is 24.1 Å². The number of halogens is 2. The number of nitriles is 1. The van der Waals surface area contributed by atoms with Crippen LogP contribution in [-0.2, 0) is 0 Å². The number of hydrogen-bond donors (Lipinski definition) is 0. The summed E-state index contributed by atoms with van der Waals surface area (Å²) in [4.78, 5) is 12.0. The number of hydrogen-bond acceptors (Lipinski definition) is 2. The van der Waals surface area contributed by atoms with Crippen LogP contribution in [0.25, 0.3) is 5.69 Å². The van der Waals surface area contributed by atoms with Crippen LogP contribution in [0.2, 0.25) is 5.02 Å². The summed E-state index contributed by atoms with van der Waals surface area (Å²) in [5, 5.41) is 8.76. The van der Waals surface area contributed by atoms with Crippen molar-refractivity contribution in [1.29, 1.82) is 5.26 Å². The highest BCUT2D eigenvalue weighted by atomic mass is 35.5. The molecule has 0 saturated carbocycles.